The van der Waals surface area contributed by atoms with E-state index in [9.17, 15) is 19.4 Å². The maximum atomic E-state index is 14.6. The van der Waals surface area contributed by atoms with E-state index in [0.29, 0.717) is 42.2 Å². The van der Waals surface area contributed by atoms with Gasteiger partial charge in [-0.1, -0.05) is 48.3 Å². The summed E-state index contributed by atoms with van der Waals surface area (Å²) < 4.78 is 46.3. The van der Waals surface area contributed by atoms with Crippen LogP contribution in [0.3, 0.4) is 0 Å². The summed E-state index contributed by atoms with van der Waals surface area (Å²) in [5, 5.41) is 24.5. The summed E-state index contributed by atoms with van der Waals surface area (Å²) in [6.07, 6.45) is 10.5. The third-order valence-electron chi connectivity index (χ3n) is 11.4. The number of benzene rings is 2. The van der Waals surface area contributed by atoms with Crippen molar-refractivity contribution in [3.63, 3.8) is 0 Å². The fourth-order valence-corrected chi connectivity index (χ4v) is 8.86. The average Bonchev–Trinajstić information content (AvgIpc) is 3.20. The van der Waals surface area contributed by atoms with E-state index in [-0.39, 0.29) is 63.0 Å². The van der Waals surface area contributed by atoms with Crippen molar-refractivity contribution in [1.29, 1.82) is 0 Å². The molecule has 7 atom stereocenters. The molecule has 2 N–H and O–H groups in total. The number of oxime groups is 1. The Hall–Kier alpha value is -3.97. The number of rotatable bonds is 18. The van der Waals surface area contributed by atoms with Crippen LogP contribution in [0, 0.1) is 23.6 Å². The van der Waals surface area contributed by atoms with Gasteiger partial charge in [0.1, 0.15) is 30.0 Å². The number of unbranched alkanes of at least 4 members (excludes halogenated alkanes) is 2. The molecule has 2 aliphatic carbocycles. The highest BCUT2D eigenvalue weighted by molar-refractivity contribution is 6.02. The second-order valence-electron chi connectivity index (χ2n) is 14.9. The number of aliphatic hydroxyl groups is 2. The van der Waals surface area contributed by atoms with Gasteiger partial charge in [-0.15, -0.1) is 6.58 Å². The normalized spacial score (nSPS) is 27.6. The number of nitrogens with zero attached hydrogens (tertiary/aromatic N) is 2. The predicted molar refractivity (Wildman–Crippen MR) is 205 cm³/mol. The number of hydrogen-bond acceptors (Lipinski definition) is 10. The molecule has 2 aromatic rings. The molecule has 1 saturated carbocycles. The van der Waals surface area contributed by atoms with Crippen LogP contribution >= 0.6 is 0 Å². The number of ether oxygens (including phenoxy) is 5. The lowest BCUT2D eigenvalue weighted by Gasteiger charge is -2.59. The standard InChI is InChI=1S/C43H57FN2O9/c1-4-23-53-43-38(46(3)42(49)50-5-2)27-36(45-55-39-18-10-13-24-51-39)33-25-29(14-8-11-21-47)32(16-9-12-22-48)40(41(33)43)34-26-31(19-20-37(34)54-43)52-28-30-15-6-7-17-35(30)44/h4,6-7,15,17,19-20,25-26,29,32,38-41,47-48H,1,5,8-14,16,18,21-24,27-28H2,2-3H3/t29-,32+,38-,39?,40+,41+,43+/m0/s1. The number of halogens is 1. The smallest absolute Gasteiger partial charge is 0.409 e. The molecule has 2 fully saturated rings. The Balaban J connectivity index is 1.53. The van der Waals surface area contributed by atoms with Crippen LogP contribution in [0.2, 0.25) is 0 Å². The van der Waals surface area contributed by atoms with Crippen LogP contribution < -0.4 is 9.47 Å². The van der Waals surface area contributed by atoms with Crippen LogP contribution in [0.15, 0.2) is 71.9 Å². The van der Waals surface area contributed by atoms with Gasteiger partial charge in [-0.3, -0.25) is 0 Å². The summed E-state index contributed by atoms with van der Waals surface area (Å²) in [7, 11) is 1.70. The van der Waals surface area contributed by atoms with Crippen molar-refractivity contribution in [2.45, 2.75) is 102 Å². The Labute approximate surface area is 324 Å². The van der Waals surface area contributed by atoms with E-state index >= 15 is 0 Å². The lowest BCUT2D eigenvalue weighted by molar-refractivity contribution is -0.254. The molecular weight excluding hydrogens is 707 g/mol. The Morgan fingerprint density at radius 2 is 1.91 bits per heavy atom. The molecule has 11 nitrogen and oxygen atoms in total. The number of fused-ring (bicyclic) bond motifs is 2. The van der Waals surface area contributed by atoms with Gasteiger partial charge < -0.3 is 43.6 Å². The topological polar surface area (TPSA) is 129 Å². The van der Waals surface area contributed by atoms with Crippen LogP contribution in [0.5, 0.6) is 11.5 Å². The highest BCUT2D eigenvalue weighted by Gasteiger charge is 2.65. The van der Waals surface area contributed by atoms with E-state index in [1.54, 1.807) is 43.1 Å². The fourth-order valence-electron chi connectivity index (χ4n) is 8.86. The molecule has 0 radical (unpaired) electrons. The van der Waals surface area contributed by atoms with Gasteiger partial charge >= 0.3 is 6.09 Å². The monoisotopic (exact) mass is 764 g/mol. The average molecular weight is 765 g/mol. The molecule has 55 heavy (non-hydrogen) atoms. The van der Waals surface area contributed by atoms with Gasteiger partial charge in [0.15, 0.2) is 0 Å². The van der Waals surface area contributed by atoms with Crippen molar-refractivity contribution in [3.05, 3.63) is 83.7 Å². The molecule has 2 aromatic carbocycles. The van der Waals surface area contributed by atoms with Crippen molar-refractivity contribution < 1.29 is 47.9 Å². The lowest BCUT2D eigenvalue weighted by Crippen LogP contribution is -2.69. The quantitative estimate of drug-likeness (QED) is 0.0894. The summed E-state index contributed by atoms with van der Waals surface area (Å²) in [6, 6.07) is 11.6. The van der Waals surface area contributed by atoms with E-state index in [0.717, 1.165) is 56.1 Å². The summed E-state index contributed by atoms with van der Waals surface area (Å²) in [4.78, 5) is 21.3. The van der Waals surface area contributed by atoms with Crippen LogP contribution in [-0.2, 0) is 25.7 Å². The van der Waals surface area contributed by atoms with E-state index < -0.39 is 30.1 Å². The Morgan fingerprint density at radius 3 is 2.64 bits per heavy atom. The summed E-state index contributed by atoms with van der Waals surface area (Å²) in [5.74, 6) is -1.14. The summed E-state index contributed by atoms with van der Waals surface area (Å²) in [5.41, 5.74) is 2.97. The second-order valence-corrected chi connectivity index (χ2v) is 14.9. The second kappa shape index (κ2) is 19.3. The molecule has 0 spiro atoms. The zero-order valence-corrected chi connectivity index (χ0v) is 32.2. The number of hydrogen-bond donors (Lipinski definition) is 2. The number of allylic oxidation sites excluding steroid dienone is 1. The molecule has 1 amide bonds. The van der Waals surface area contributed by atoms with Crippen molar-refractivity contribution in [1.82, 2.24) is 4.90 Å². The minimum atomic E-state index is -1.39. The molecule has 2 aliphatic heterocycles. The molecule has 1 saturated heterocycles. The predicted octanol–water partition coefficient (Wildman–Crippen LogP) is 7.65. The third-order valence-corrected chi connectivity index (χ3v) is 11.4. The molecule has 12 heteroatoms. The minimum Gasteiger partial charge on any atom is -0.489 e. The molecular formula is C43H57FN2O9. The Kier molecular flexibility index (Phi) is 14.2. The van der Waals surface area contributed by atoms with Crippen molar-refractivity contribution >= 4 is 11.8 Å². The maximum Gasteiger partial charge on any atom is 0.409 e. The maximum absolute atomic E-state index is 14.6. The highest BCUT2D eigenvalue weighted by atomic mass is 19.1. The number of carbonyl (C=O) groups is 1. The highest BCUT2D eigenvalue weighted by Crippen LogP contribution is 2.61. The van der Waals surface area contributed by atoms with Crippen molar-refractivity contribution in [3.8, 4) is 11.5 Å². The number of carbonyl (C=O) groups excluding carboxylic acids is 1. The third kappa shape index (κ3) is 9.03. The molecule has 2 heterocycles. The Morgan fingerprint density at radius 1 is 1.11 bits per heavy atom. The molecule has 4 aliphatic rings. The van der Waals surface area contributed by atoms with Gasteiger partial charge in [-0.2, -0.15) is 0 Å². The number of likely N-dealkylation sites (N-methyl/N-ethyl adjacent to an activating group) is 1. The minimum absolute atomic E-state index is 0.0469. The lowest BCUT2D eigenvalue weighted by atomic mass is 9.55. The fraction of sp³-hybridized carbons (Fsp3) is 0.581. The molecule has 300 valence electrons. The molecule has 0 aromatic heterocycles. The van der Waals surface area contributed by atoms with Gasteiger partial charge in [0.05, 0.1) is 31.5 Å². The van der Waals surface area contributed by atoms with E-state index in [4.69, 9.17) is 33.7 Å². The molecule has 1 unspecified atom stereocenters. The first-order valence-corrected chi connectivity index (χ1v) is 20.0. The van der Waals surface area contributed by atoms with E-state index in [2.05, 4.69) is 12.7 Å². The van der Waals surface area contributed by atoms with Gasteiger partial charge in [0, 0.05) is 50.1 Å². The first-order chi connectivity index (χ1) is 26.8. The summed E-state index contributed by atoms with van der Waals surface area (Å²) in [6.45, 7) is 6.91. The van der Waals surface area contributed by atoms with Gasteiger partial charge in [0.2, 0.25) is 12.1 Å². The first-order valence-electron chi connectivity index (χ1n) is 20.0. The van der Waals surface area contributed by atoms with Crippen molar-refractivity contribution in [2.24, 2.45) is 22.9 Å². The SMILES string of the molecule is C=CCO[C@@]12Oc3ccc(OCc4ccccc4F)cc3[C@H]3[C@H](CCCCO)[C@@H](CCCCO)C=C(C(=NOC4CCCCO4)C[C@@H]1N(C)C(=O)OCC)[C@H]32. The molecule has 0 bridgehead atoms. The molecule has 6 rings (SSSR count). The summed E-state index contributed by atoms with van der Waals surface area (Å²) >= 11 is 0. The van der Waals surface area contributed by atoms with Crippen LogP contribution in [0.4, 0.5) is 9.18 Å². The van der Waals surface area contributed by atoms with Crippen LogP contribution in [-0.4, -0.2) is 85.1 Å². The number of amides is 1. The van der Waals surface area contributed by atoms with Crippen LogP contribution in [0.1, 0.15) is 88.2 Å². The van der Waals surface area contributed by atoms with Gasteiger partial charge in [-0.25, -0.2) is 9.18 Å². The number of aliphatic hydroxyl groups excluding tert-OH is 2. The first kappa shape index (κ1) is 40.7. The largest absolute Gasteiger partial charge is 0.489 e. The van der Waals surface area contributed by atoms with Crippen LogP contribution in [0.25, 0.3) is 0 Å². The van der Waals surface area contributed by atoms with E-state index in [1.165, 1.54) is 6.07 Å². The zero-order valence-electron chi connectivity index (χ0n) is 32.2. The van der Waals surface area contributed by atoms with Gasteiger partial charge in [-0.05, 0) is 87.1 Å². The zero-order chi connectivity index (χ0) is 38.8. The van der Waals surface area contributed by atoms with E-state index in [1.807, 2.05) is 18.2 Å². The Bertz CT molecular complexity index is 1660. The van der Waals surface area contributed by atoms with Gasteiger partial charge in [0.25, 0.3) is 0 Å². The van der Waals surface area contributed by atoms with Crippen molar-refractivity contribution in [2.75, 3.05) is 40.1 Å².